The monoisotopic (exact) mass is 592 g/mol. The topological polar surface area (TPSA) is 79.1 Å². The predicted octanol–water partition coefficient (Wildman–Crippen LogP) is 5.18. The van der Waals surface area contributed by atoms with Crippen LogP contribution in [0.5, 0.6) is 11.5 Å². The Kier molecular flexibility index (Phi) is 8.37. The maximum atomic E-state index is 14.6. The zero-order chi connectivity index (χ0) is 29.1. The van der Waals surface area contributed by atoms with Gasteiger partial charge in [0.2, 0.25) is 0 Å². The van der Waals surface area contributed by atoms with Crippen LogP contribution in [0.4, 0.5) is 4.39 Å². The first kappa shape index (κ1) is 28.3. The lowest BCUT2D eigenvalue weighted by atomic mass is 9.95. The van der Waals surface area contributed by atoms with Gasteiger partial charge < -0.3 is 14.2 Å². The number of hydrogen-bond acceptors (Lipinski definition) is 7. The predicted molar refractivity (Wildman–Crippen MR) is 156 cm³/mol. The Bertz CT molecular complexity index is 1810. The average molecular weight is 593 g/mol. The second kappa shape index (κ2) is 12.1. The fourth-order valence-electron chi connectivity index (χ4n) is 4.60. The molecule has 4 aromatic rings. The molecule has 1 atom stereocenters. The maximum absolute atomic E-state index is 14.6. The molecule has 1 aliphatic rings. The highest BCUT2D eigenvalue weighted by Crippen LogP contribution is 2.36. The summed E-state index contributed by atoms with van der Waals surface area (Å²) in [5.41, 5.74) is 1.85. The summed E-state index contributed by atoms with van der Waals surface area (Å²) in [5, 5.41) is 0.173. The largest absolute Gasteiger partial charge is 0.493 e. The number of carbonyl (C=O) groups excluding carboxylic acids is 1. The Morgan fingerprint density at radius 1 is 1.12 bits per heavy atom. The van der Waals surface area contributed by atoms with Crippen molar-refractivity contribution >= 4 is 35.0 Å². The summed E-state index contributed by atoms with van der Waals surface area (Å²) in [6.45, 7) is 3.88. The minimum atomic E-state index is -0.874. The van der Waals surface area contributed by atoms with Crippen molar-refractivity contribution in [3.8, 4) is 11.5 Å². The van der Waals surface area contributed by atoms with Crippen molar-refractivity contribution in [1.82, 2.24) is 4.57 Å². The van der Waals surface area contributed by atoms with Gasteiger partial charge in [0.05, 0.1) is 40.6 Å². The highest BCUT2D eigenvalue weighted by atomic mass is 35.5. The maximum Gasteiger partial charge on any atom is 0.338 e. The molecule has 41 heavy (non-hydrogen) atoms. The van der Waals surface area contributed by atoms with Crippen LogP contribution in [0.3, 0.4) is 0 Å². The van der Waals surface area contributed by atoms with Gasteiger partial charge in [-0.1, -0.05) is 65.4 Å². The van der Waals surface area contributed by atoms with E-state index in [-0.39, 0.29) is 27.3 Å². The first-order chi connectivity index (χ1) is 19.8. The highest BCUT2D eigenvalue weighted by Gasteiger charge is 2.34. The lowest BCUT2D eigenvalue weighted by molar-refractivity contribution is -0.139. The van der Waals surface area contributed by atoms with Crippen LogP contribution >= 0.6 is 22.9 Å². The molecule has 1 unspecified atom stereocenters. The van der Waals surface area contributed by atoms with Crippen LogP contribution < -0.4 is 24.4 Å². The molecule has 210 valence electrons. The van der Waals surface area contributed by atoms with Crippen LogP contribution in [0.25, 0.3) is 6.08 Å². The fourth-order valence-corrected chi connectivity index (χ4v) is 5.84. The number of ether oxygens (including phenoxy) is 3. The molecule has 0 saturated heterocycles. The van der Waals surface area contributed by atoms with E-state index in [2.05, 4.69) is 4.99 Å². The number of carbonyl (C=O) groups is 1. The summed E-state index contributed by atoms with van der Waals surface area (Å²) >= 11 is 7.31. The molecule has 7 nitrogen and oxygen atoms in total. The number of thiazole rings is 1. The van der Waals surface area contributed by atoms with Crippen molar-refractivity contribution in [2.75, 3.05) is 13.7 Å². The zero-order valence-electron chi connectivity index (χ0n) is 22.5. The molecule has 0 fully saturated rings. The Hall–Kier alpha value is -4.21. The van der Waals surface area contributed by atoms with Gasteiger partial charge in [0.15, 0.2) is 16.3 Å². The smallest absolute Gasteiger partial charge is 0.338 e. The molecule has 1 aliphatic heterocycles. The van der Waals surface area contributed by atoms with Gasteiger partial charge in [0.1, 0.15) is 12.4 Å². The van der Waals surface area contributed by atoms with Crippen LogP contribution in [-0.2, 0) is 16.1 Å². The van der Waals surface area contributed by atoms with Gasteiger partial charge in [0.25, 0.3) is 5.56 Å². The van der Waals surface area contributed by atoms with Gasteiger partial charge in [-0.15, -0.1) is 0 Å². The van der Waals surface area contributed by atoms with Crippen molar-refractivity contribution in [2.24, 2.45) is 4.99 Å². The number of allylic oxidation sites excluding steroid dienone is 1. The van der Waals surface area contributed by atoms with Crippen molar-refractivity contribution in [3.63, 3.8) is 0 Å². The Morgan fingerprint density at radius 3 is 2.61 bits per heavy atom. The number of hydrogen-bond donors (Lipinski definition) is 0. The van der Waals surface area contributed by atoms with Crippen LogP contribution in [0.15, 0.2) is 87.8 Å². The fraction of sp³-hybridized carbons (Fsp3) is 0.194. The van der Waals surface area contributed by atoms with Gasteiger partial charge in [0, 0.05) is 5.56 Å². The van der Waals surface area contributed by atoms with Gasteiger partial charge >= 0.3 is 5.97 Å². The SMILES string of the molecule is CCOC(=O)C1=C(C)N=c2sc(=Cc3c(F)cccc3Cl)c(=O)n2C1c1ccc(OCc2ccccc2)c(OC)c1. The van der Waals surface area contributed by atoms with Crippen molar-refractivity contribution in [1.29, 1.82) is 0 Å². The molecule has 0 bridgehead atoms. The van der Waals surface area contributed by atoms with Crippen LogP contribution in [0, 0.1) is 5.82 Å². The second-order valence-electron chi connectivity index (χ2n) is 9.12. The van der Waals surface area contributed by atoms with E-state index >= 15 is 0 Å². The van der Waals surface area contributed by atoms with E-state index in [0.29, 0.717) is 34.2 Å². The molecule has 0 saturated carbocycles. The number of fused-ring (bicyclic) bond motifs is 1. The Balaban J connectivity index is 1.64. The third-order valence-electron chi connectivity index (χ3n) is 6.53. The van der Waals surface area contributed by atoms with Crippen molar-refractivity contribution < 1.29 is 23.4 Å². The van der Waals surface area contributed by atoms with E-state index < -0.39 is 23.4 Å². The molecular formula is C31H26ClFN2O5S. The van der Waals surface area contributed by atoms with E-state index in [4.69, 9.17) is 25.8 Å². The number of aromatic nitrogens is 1. The first-order valence-electron chi connectivity index (χ1n) is 12.8. The number of halogens is 2. The summed E-state index contributed by atoms with van der Waals surface area (Å²) < 4.78 is 33.2. The molecule has 0 aliphatic carbocycles. The van der Waals surface area contributed by atoms with E-state index in [1.54, 1.807) is 38.1 Å². The third-order valence-corrected chi connectivity index (χ3v) is 7.85. The zero-order valence-corrected chi connectivity index (χ0v) is 24.1. The number of nitrogens with zero attached hydrogens (tertiary/aromatic N) is 2. The number of benzene rings is 3. The summed E-state index contributed by atoms with van der Waals surface area (Å²) in [6, 6.07) is 18.4. The number of methoxy groups -OCH3 is 1. The number of rotatable bonds is 8. The summed E-state index contributed by atoms with van der Waals surface area (Å²) in [6.07, 6.45) is 1.41. The quantitative estimate of drug-likeness (QED) is 0.264. The standard InChI is InChI=1S/C31H26ClFN2O5S/c1-4-39-30(37)27-18(2)34-31-35(29(36)26(41-31)16-21-22(32)11-8-12-23(21)33)28(27)20-13-14-24(25(15-20)38-3)40-17-19-9-6-5-7-10-19/h5-16,28H,4,17H2,1-3H3. The molecule has 0 radical (unpaired) electrons. The minimum absolute atomic E-state index is 0.0962. The summed E-state index contributed by atoms with van der Waals surface area (Å²) in [5.74, 6) is -0.218. The van der Waals surface area contributed by atoms with E-state index in [1.165, 1.54) is 29.9 Å². The van der Waals surface area contributed by atoms with Crippen LogP contribution in [0.2, 0.25) is 5.02 Å². The molecule has 2 heterocycles. The van der Waals surface area contributed by atoms with E-state index in [9.17, 15) is 14.0 Å². The normalized spacial score (nSPS) is 14.9. The lowest BCUT2D eigenvalue weighted by Gasteiger charge is -2.25. The highest BCUT2D eigenvalue weighted by molar-refractivity contribution is 7.07. The van der Waals surface area contributed by atoms with Gasteiger partial charge in [-0.2, -0.15) is 0 Å². The van der Waals surface area contributed by atoms with Gasteiger partial charge in [-0.05, 0) is 55.3 Å². The molecule has 3 aromatic carbocycles. The molecule has 0 amide bonds. The molecule has 0 spiro atoms. The molecule has 5 rings (SSSR count). The Labute approximate surface area is 244 Å². The first-order valence-corrected chi connectivity index (χ1v) is 14.0. The van der Waals surface area contributed by atoms with Crippen molar-refractivity contribution in [3.05, 3.63) is 125 Å². The number of esters is 1. The molecular weight excluding hydrogens is 567 g/mol. The van der Waals surface area contributed by atoms with Gasteiger partial charge in [-0.25, -0.2) is 14.2 Å². The van der Waals surface area contributed by atoms with E-state index in [0.717, 1.165) is 16.9 Å². The Morgan fingerprint density at radius 2 is 1.90 bits per heavy atom. The third kappa shape index (κ3) is 5.68. The molecule has 0 N–H and O–H groups in total. The van der Waals surface area contributed by atoms with E-state index in [1.807, 2.05) is 30.3 Å². The minimum Gasteiger partial charge on any atom is -0.493 e. The molecule has 10 heteroatoms. The summed E-state index contributed by atoms with van der Waals surface area (Å²) in [4.78, 5) is 31.9. The second-order valence-corrected chi connectivity index (χ2v) is 10.5. The summed E-state index contributed by atoms with van der Waals surface area (Å²) in [7, 11) is 1.52. The van der Waals surface area contributed by atoms with Crippen LogP contribution in [-0.4, -0.2) is 24.3 Å². The lowest BCUT2D eigenvalue weighted by Crippen LogP contribution is -2.40. The van der Waals surface area contributed by atoms with Crippen molar-refractivity contribution in [2.45, 2.75) is 26.5 Å². The molecule has 1 aromatic heterocycles. The van der Waals surface area contributed by atoms with Crippen LogP contribution in [0.1, 0.15) is 36.6 Å². The van der Waals surface area contributed by atoms with Gasteiger partial charge in [-0.3, -0.25) is 9.36 Å². The average Bonchev–Trinajstić information content (AvgIpc) is 3.27.